The molecule has 5 heteroatoms. The van der Waals surface area contributed by atoms with E-state index in [1.165, 1.54) is 7.05 Å². The first-order valence-corrected chi connectivity index (χ1v) is 4.09. The summed E-state index contributed by atoms with van der Waals surface area (Å²) in [7, 11) is 1.40. The van der Waals surface area contributed by atoms with E-state index in [2.05, 4.69) is 0 Å². The number of aromatic nitrogens is 2. The molecule has 0 radical (unpaired) electrons. The Balaban J connectivity index is 3.19. The van der Waals surface area contributed by atoms with Gasteiger partial charge in [0, 0.05) is 7.05 Å². The highest BCUT2D eigenvalue weighted by atomic mass is 16.2. The van der Waals surface area contributed by atoms with Crippen molar-refractivity contribution in [1.82, 2.24) is 9.24 Å². The van der Waals surface area contributed by atoms with Crippen molar-refractivity contribution in [3.8, 4) is 0 Å². The number of hydrogen-bond donors (Lipinski definition) is 1. The van der Waals surface area contributed by atoms with Gasteiger partial charge in [0.25, 0.3) is 5.56 Å². The largest absolute Gasteiger partial charge is 0.349 e. The summed E-state index contributed by atoms with van der Waals surface area (Å²) in [5, 5.41) is 0.442. The number of rotatable bonds is 0. The maximum absolute atomic E-state index is 11.6. The molecule has 1 heterocycles. The number of hydrogen-bond acceptors (Lipinski definition) is 3. The monoisotopic (exact) mass is 191 g/mol. The third kappa shape index (κ3) is 0.953. The molecule has 1 aromatic heterocycles. The molecule has 0 amide bonds. The number of nitrogen functional groups attached to an aromatic ring is 1. The Hall–Kier alpha value is -2.04. The van der Waals surface area contributed by atoms with Crippen LogP contribution in [0.1, 0.15) is 0 Å². The molecule has 0 atom stereocenters. The van der Waals surface area contributed by atoms with Crippen molar-refractivity contribution in [2.24, 2.45) is 7.05 Å². The van der Waals surface area contributed by atoms with Gasteiger partial charge < -0.3 is 5.84 Å². The number of nitrogens with two attached hydrogens (primary N) is 1. The molecule has 2 aromatic rings. The fourth-order valence-corrected chi connectivity index (χ4v) is 1.40. The van der Waals surface area contributed by atoms with Crippen molar-refractivity contribution in [2.45, 2.75) is 0 Å². The average Bonchev–Trinajstić information content (AvgIpc) is 2.23. The van der Waals surface area contributed by atoms with Gasteiger partial charge in [0.1, 0.15) is 0 Å². The average molecular weight is 191 g/mol. The molecule has 0 spiro atoms. The van der Waals surface area contributed by atoms with E-state index in [9.17, 15) is 9.59 Å². The Morgan fingerprint density at radius 2 is 1.86 bits per heavy atom. The lowest BCUT2D eigenvalue weighted by atomic mass is 10.2. The predicted octanol–water partition coefficient (Wildman–Crippen LogP) is -0.586. The molecule has 0 saturated carbocycles. The fourth-order valence-electron chi connectivity index (χ4n) is 1.40. The summed E-state index contributed by atoms with van der Waals surface area (Å²) >= 11 is 0. The molecular weight excluding hydrogens is 182 g/mol. The Morgan fingerprint density at radius 1 is 1.21 bits per heavy atom. The third-order valence-electron chi connectivity index (χ3n) is 2.19. The molecule has 0 aliphatic rings. The van der Waals surface area contributed by atoms with Crippen molar-refractivity contribution in [3.63, 3.8) is 0 Å². The van der Waals surface area contributed by atoms with Crippen LogP contribution in [-0.2, 0) is 7.05 Å². The van der Waals surface area contributed by atoms with Gasteiger partial charge in [-0.3, -0.25) is 9.36 Å². The molecule has 2 rings (SSSR count). The van der Waals surface area contributed by atoms with Gasteiger partial charge in [-0.1, -0.05) is 12.1 Å². The van der Waals surface area contributed by atoms with E-state index in [1.54, 1.807) is 24.3 Å². The second-order valence-electron chi connectivity index (χ2n) is 3.03. The van der Waals surface area contributed by atoms with Crippen LogP contribution in [0.2, 0.25) is 0 Å². The van der Waals surface area contributed by atoms with E-state index in [0.717, 1.165) is 9.24 Å². The van der Waals surface area contributed by atoms with Crippen LogP contribution in [0.5, 0.6) is 0 Å². The normalized spacial score (nSPS) is 10.6. The minimum Gasteiger partial charge on any atom is -0.335 e. The van der Waals surface area contributed by atoms with Gasteiger partial charge in [-0.2, -0.15) is 0 Å². The van der Waals surface area contributed by atoms with Crippen LogP contribution in [0.15, 0.2) is 33.9 Å². The second kappa shape index (κ2) is 2.73. The minimum absolute atomic E-state index is 0.327. The van der Waals surface area contributed by atoms with Crippen molar-refractivity contribution < 1.29 is 0 Å². The summed E-state index contributed by atoms with van der Waals surface area (Å²) in [5.74, 6) is 5.53. The fraction of sp³-hybridized carbons (Fsp3) is 0.111. The molecule has 2 N–H and O–H groups in total. The highest BCUT2D eigenvalue weighted by Crippen LogP contribution is 2.03. The van der Waals surface area contributed by atoms with E-state index in [-0.39, 0.29) is 5.56 Å². The molecule has 0 aliphatic heterocycles. The van der Waals surface area contributed by atoms with Crippen LogP contribution in [0.25, 0.3) is 10.9 Å². The van der Waals surface area contributed by atoms with Gasteiger partial charge in [0.15, 0.2) is 0 Å². The van der Waals surface area contributed by atoms with Crippen LogP contribution in [0.3, 0.4) is 0 Å². The second-order valence-corrected chi connectivity index (χ2v) is 3.03. The van der Waals surface area contributed by atoms with Crippen molar-refractivity contribution in [1.29, 1.82) is 0 Å². The van der Waals surface area contributed by atoms with Gasteiger partial charge in [-0.25, -0.2) is 9.47 Å². The molecular formula is C9H9N3O2. The Kier molecular flexibility index (Phi) is 1.67. The minimum atomic E-state index is -0.520. The van der Waals surface area contributed by atoms with Gasteiger partial charge in [0.05, 0.1) is 10.9 Å². The van der Waals surface area contributed by atoms with E-state index in [4.69, 9.17) is 5.84 Å². The number of para-hydroxylation sites is 1. The standard InChI is InChI=1S/C9H9N3O2/c1-11-8(13)6-4-2-3-5-7(6)12(10)9(11)14/h2-5H,10H2,1H3. The van der Waals surface area contributed by atoms with Gasteiger partial charge >= 0.3 is 5.69 Å². The zero-order valence-corrected chi connectivity index (χ0v) is 7.60. The highest BCUT2D eigenvalue weighted by molar-refractivity contribution is 5.77. The molecule has 1 aromatic carbocycles. The maximum Gasteiger partial charge on any atom is 0.349 e. The van der Waals surface area contributed by atoms with Crippen LogP contribution in [0.4, 0.5) is 0 Å². The lowest BCUT2D eigenvalue weighted by Crippen LogP contribution is -2.41. The predicted molar refractivity (Wildman–Crippen MR) is 53.6 cm³/mol. The lowest BCUT2D eigenvalue weighted by Gasteiger charge is -2.05. The summed E-state index contributed by atoms with van der Waals surface area (Å²) in [6.45, 7) is 0. The topological polar surface area (TPSA) is 70.0 Å². The molecule has 0 unspecified atom stereocenters. The van der Waals surface area contributed by atoms with E-state index >= 15 is 0 Å². The van der Waals surface area contributed by atoms with Gasteiger partial charge in [0.2, 0.25) is 0 Å². The maximum atomic E-state index is 11.6. The SMILES string of the molecule is Cn1c(=O)c2ccccc2n(N)c1=O. The quantitative estimate of drug-likeness (QED) is 0.566. The van der Waals surface area contributed by atoms with Gasteiger partial charge in [-0.05, 0) is 12.1 Å². The number of benzene rings is 1. The molecule has 14 heavy (non-hydrogen) atoms. The number of fused-ring (bicyclic) bond motifs is 1. The molecule has 5 nitrogen and oxygen atoms in total. The van der Waals surface area contributed by atoms with Crippen molar-refractivity contribution in [2.75, 3.05) is 5.84 Å². The van der Waals surface area contributed by atoms with Crippen LogP contribution in [-0.4, -0.2) is 9.24 Å². The van der Waals surface area contributed by atoms with E-state index in [1.807, 2.05) is 0 Å². The van der Waals surface area contributed by atoms with E-state index in [0.29, 0.717) is 10.9 Å². The molecule has 72 valence electrons. The van der Waals surface area contributed by atoms with Crippen LogP contribution in [0, 0.1) is 0 Å². The third-order valence-corrected chi connectivity index (χ3v) is 2.19. The summed E-state index contributed by atoms with van der Waals surface area (Å²) in [5.41, 5.74) is -0.401. The first-order valence-electron chi connectivity index (χ1n) is 4.09. The zero-order valence-electron chi connectivity index (χ0n) is 7.60. The molecule has 0 bridgehead atoms. The first kappa shape index (κ1) is 8.55. The van der Waals surface area contributed by atoms with E-state index < -0.39 is 5.69 Å². The van der Waals surface area contributed by atoms with Crippen molar-refractivity contribution in [3.05, 3.63) is 45.1 Å². The summed E-state index contributed by atoms with van der Waals surface area (Å²) in [6.07, 6.45) is 0. The van der Waals surface area contributed by atoms with Crippen molar-refractivity contribution >= 4 is 10.9 Å². The van der Waals surface area contributed by atoms with Crippen LogP contribution < -0.4 is 17.1 Å². The first-order chi connectivity index (χ1) is 6.63. The van der Waals surface area contributed by atoms with Crippen LogP contribution >= 0.6 is 0 Å². The molecule has 0 saturated heterocycles. The Bertz CT molecular complexity index is 609. The number of nitrogens with zero attached hydrogens (tertiary/aromatic N) is 2. The summed E-state index contributed by atoms with van der Waals surface area (Å²) in [4.78, 5) is 23.0. The highest BCUT2D eigenvalue weighted by Gasteiger charge is 2.06. The van der Waals surface area contributed by atoms with Gasteiger partial charge in [-0.15, -0.1) is 0 Å². The Morgan fingerprint density at radius 3 is 2.57 bits per heavy atom. The summed E-state index contributed by atoms with van der Waals surface area (Å²) < 4.78 is 1.96. The molecule has 0 aliphatic carbocycles. The molecule has 0 fully saturated rings. The lowest BCUT2D eigenvalue weighted by molar-refractivity contribution is 0.737. The zero-order chi connectivity index (χ0) is 10.3. The summed E-state index contributed by atoms with van der Waals surface area (Å²) in [6, 6.07) is 6.73. The smallest absolute Gasteiger partial charge is 0.335 e. The Labute approximate surface area is 79.0 Å².